The average molecular weight is 481 g/mol. The minimum atomic E-state index is -0.287. The van der Waals surface area contributed by atoms with Gasteiger partial charge in [0.1, 0.15) is 4.32 Å². The fourth-order valence-corrected chi connectivity index (χ4v) is 4.99. The van der Waals surface area contributed by atoms with E-state index in [9.17, 15) is 9.59 Å². The molecular weight excluding hydrogens is 448 g/mol. The molecule has 4 nitrogen and oxygen atoms in total. The van der Waals surface area contributed by atoms with Crippen LogP contribution in [0.2, 0.25) is 0 Å². The Balaban J connectivity index is 1.59. The maximum Gasteiger partial charge on any atom is 0.266 e. The quantitative estimate of drug-likeness (QED) is 0.340. The van der Waals surface area contributed by atoms with Crippen LogP contribution in [0.1, 0.15) is 57.2 Å². The second-order valence-corrected chi connectivity index (χ2v) is 10.8. The molecule has 1 heterocycles. The number of benzene rings is 2. The Labute approximate surface area is 207 Å². The molecule has 0 N–H and O–H groups in total. The van der Waals surface area contributed by atoms with Gasteiger partial charge in [0, 0.05) is 25.0 Å². The minimum absolute atomic E-state index is 0.0750. The molecule has 0 aliphatic carbocycles. The first-order valence-electron chi connectivity index (χ1n) is 11.4. The van der Waals surface area contributed by atoms with Gasteiger partial charge in [-0.25, -0.2) is 0 Å². The molecule has 0 atom stereocenters. The summed E-state index contributed by atoms with van der Waals surface area (Å²) in [6.07, 6.45) is 3.83. The summed E-state index contributed by atoms with van der Waals surface area (Å²) in [5, 5.41) is 0. The summed E-state index contributed by atoms with van der Waals surface area (Å²) in [7, 11) is 0. The molecule has 2 amide bonds. The molecule has 0 bridgehead atoms. The van der Waals surface area contributed by atoms with E-state index in [-0.39, 0.29) is 17.4 Å². The van der Waals surface area contributed by atoms with Gasteiger partial charge in [0.15, 0.2) is 0 Å². The van der Waals surface area contributed by atoms with Crippen molar-refractivity contribution < 1.29 is 9.59 Å². The molecule has 1 aliphatic heterocycles. The van der Waals surface area contributed by atoms with Crippen molar-refractivity contribution in [3.8, 4) is 0 Å². The molecule has 2 aromatic rings. The zero-order valence-electron chi connectivity index (χ0n) is 19.8. The first-order chi connectivity index (χ1) is 15.7. The second-order valence-electron chi connectivity index (χ2n) is 9.17. The van der Waals surface area contributed by atoms with Crippen LogP contribution in [0, 0.1) is 0 Å². The maximum atomic E-state index is 13.1. The Kier molecular flexibility index (Phi) is 8.49. The Bertz CT molecular complexity index is 1020. The number of hydrogen-bond donors (Lipinski definition) is 0. The third-order valence-corrected chi connectivity index (χ3v) is 7.00. The summed E-state index contributed by atoms with van der Waals surface area (Å²) in [6.45, 7) is 9.29. The van der Waals surface area contributed by atoms with Crippen molar-refractivity contribution in [2.75, 3.05) is 6.54 Å². The monoisotopic (exact) mass is 480 g/mol. The highest BCUT2D eigenvalue weighted by atomic mass is 32.2. The highest BCUT2D eigenvalue weighted by Gasteiger charge is 2.32. The van der Waals surface area contributed by atoms with Crippen molar-refractivity contribution in [2.24, 2.45) is 0 Å². The number of amides is 2. The number of nitrogens with zero attached hydrogens (tertiary/aromatic N) is 2. The number of thioether (sulfide) groups is 1. The first-order valence-corrected chi connectivity index (χ1v) is 12.6. The van der Waals surface area contributed by atoms with E-state index >= 15 is 0 Å². The number of carbonyl (C=O) groups excluding carboxylic acids is 2. The molecule has 0 spiro atoms. The Hall–Kier alpha value is -2.44. The Morgan fingerprint density at radius 2 is 1.73 bits per heavy atom. The zero-order chi connectivity index (χ0) is 24.0. The van der Waals surface area contributed by atoms with Gasteiger partial charge in [-0.3, -0.25) is 14.5 Å². The lowest BCUT2D eigenvalue weighted by Gasteiger charge is -2.36. The van der Waals surface area contributed by atoms with Crippen molar-refractivity contribution in [1.82, 2.24) is 9.80 Å². The molecule has 0 unspecified atom stereocenters. The minimum Gasteiger partial charge on any atom is -0.334 e. The molecule has 1 aliphatic rings. The average Bonchev–Trinajstić information content (AvgIpc) is 3.05. The van der Waals surface area contributed by atoms with Crippen LogP contribution < -0.4 is 0 Å². The van der Waals surface area contributed by atoms with Gasteiger partial charge in [0.25, 0.3) is 5.91 Å². The molecule has 1 fully saturated rings. The van der Waals surface area contributed by atoms with Crippen molar-refractivity contribution in [3.63, 3.8) is 0 Å². The third kappa shape index (κ3) is 6.78. The van der Waals surface area contributed by atoms with E-state index < -0.39 is 0 Å². The fourth-order valence-electron chi connectivity index (χ4n) is 3.68. The van der Waals surface area contributed by atoms with Gasteiger partial charge in [0.2, 0.25) is 5.91 Å². The van der Waals surface area contributed by atoms with E-state index in [1.54, 1.807) is 4.90 Å². The smallest absolute Gasteiger partial charge is 0.266 e. The predicted octanol–water partition coefficient (Wildman–Crippen LogP) is 6.06. The molecule has 2 aromatic carbocycles. The van der Waals surface area contributed by atoms with Crippen LogP contribution in [0.4, 0.5) is 0 Å². The molecule has 174 valence electrons. The molecule has 3 rings (SSSR count). The largest absolute Gasteiger partial charge is 0.334 e. The lowest BCUT2D eigenvalue weighted by molar-refractivity contribution is -0.137. The van der Waals surface area contributed by atoms with Gasteiger partial charge in [-0.1, -0.05) is 85.5 Å². The van der Waals surface area contributed by atoms with Gasteiger partial charge in [-0.15, -0.1) is 0 Å². The molecule has 0 aromatic heterocycles. The molecule has 1 saturated heterocycles. The molecular formula is C27H32N2O2S2. The lowest BCUT2D eigenvalue weighted by Crippen LogP contribution is -2.45. The summed E-state index contributed by atoms with van der Waals surface area (Å²) >= 11 is 6.79. The van der Waals surface area contributed by atoms with E-state index in [0.29, 0.717) is 35.2 Å². The highest BCUT2D eigenvalue weighted by molar-refractivity contribution is 8.26. The van der Waals surface area contributed by atoms with E-state index in [2.05, 4.69) is 19.1 Å². The van der Waals surface area contributed by atoms with Gasteiger partial charge in [-0.05, 0) is 56.4 Å². The van der Waals surface area contributed by atoms with E-state index in [4.69, 9.17) is 12.2 Å². The summed E-state index contributed by atoms with van der Waals surface area (Å²) in [5.74, 6) is 0.0114. The highest BCUT2D eigenvalue weighted by Crippen LogP contribution is 2.33. The Morgan fingerprint density at radius 1 is 1.06 bits per heavy atom. The summed E-state index contributed by atoms with van der Waals surface area (Å²) in [5.41, 5.74) is 3.07. The fraction of sp³-hybridized carbons (Fsp3) is 0.370. The normalized spacial score (nSPS) is 15.4. The summed E-state index contributed by atoms with van der Waals surface area (Å²) in [4.78, 5) is 30.1. The number of thiocarbonyl (C=S) groups is 1. The van der Waals surface area contributed by atoms with Crippen LogP contribution in [0.5, 0.6) is 0 Å². The van der Waals surface area contributed by atoms with Gasteiger partial charge in [0.05, 0.1) is 4.91 Å². The first kappa shape index (κ1) is 25.2. The van der Waals surface area contributed by atoms with Gasteiger partial charge in [-0.2, -0.15) is 0 Å². The molecule has 0 saturated carbocycles. The molecule has 33 heavy (non-hydrogen) atoms. The lowest BCUT2D eigenvalue weighted by atomic mass is 10.0. The number of rotatable bonds is 8. The van der Waals surface area contributed by atoms with E-state index in [1.807, 2.05) is 74.2 Å². The van der Waals surface area contributed by atoms with Crippen LogP contribution in [0.3, 0.4) is 0 Å². The van der Waals surface area contributed by atoms with Gasteiger partial charge >= 0.3 is 0 Å². The van der Waals surface area contributed by atoms with E-state index in [1.165, 1.54) is 17.3 Å². The summed E-state index contributed by atoms with van der Waals surface area (Å²) < 4.78 is 0.556. The van der Waals surface area contributed by atoms with Crippen LogP contribution in [0.25, 0.3) is 6.08 Å². The molecule has 0 radical (unpaired) electrons. The topological polar surface area (TPSA) is 40.6 Å². The van der Waals surface area contributed by atoms with Crippen LogP contribution in [-0.2, 0) is 22.6 Å². The predicted molar refractivity (Wildman–Crippen MR) is 142 cm³/mol. The Morgan fingerprint density at radius 3 is 2.33 bits per heavy atom. The zero-order valence-corrected chi connectivity index (χ0v) is 21.5. The molecule has 6 heteroatoms. The third-order valence-electron chi connectivity index (χ3n) is 5.63. The van der Waals surface area contributed by atoms with Crippen molar-refractivity contribution in [1.29, 1.82) is 0 Å². The van der Waals surface area contributed by atoms with Crippen LogP contribution in [0.15, 0.2) is 59.5 Å². The van der Waals surface area contributed by atoms with Crippen molar-refractivity contribution in [3.05, 3.63) is 76.2 Å². The van der Waals surface area contributed by atoms with Crippen molar-refractivity contribution >= 4 is 46.2 Å². The van der Waals surface area contributed by atoms with Crippen LogP contribution >= 0.6 is 24.0 Å². The second kappa shape index (κ2) is 11.1. The number of aryl methyl sites for hydroxylation is 1. The van der Waals surface area contributed by atoms with Crippen molar-refractivity contribution in [2.45, 2.75) is 59.0 Å². The standard InChI is InChI=1S/C27H32N2O2S2/c1-5-20-13-15-21(16-14-20)18-23-25(31)28(26(32)33-23)17-9-12-24(30)29(27(2,3)4)19-22-10-7-6-8-11-22/h6-8,10-11,13-16,18H,5,9,12,17,19H2,1-4H3. The SMILES string of the molecule is CCc1ccc(C=C2SC(=S)N(CCCC(=O)N(Cc3ccccc3)C(C)(C)C)C2=O)cc1. The van der Waals surface area contributed by atoms with Crippen LogP contribution in [-0.4, -0.2) is 38.0 Å². The summed E-state index contributed by atoms with van der Waals surface area (Å²) in [6, 6.07) is 18.2. The number of hydrogen-bond acceptors (Lipinski definition) is 4. The van der Waals surface area contributed by atoms with Gasteiger partial charge < -0.3 is 4.90 Å². The maximum absolute atomic E-state index is 13.1. The number of carbonyl (C=O) groups is 2. The van der Waals surface area contributed by atoms with E-state index in [0.717, 1.165) is 17.5 Å².